The summed E-state index contributed by atoms with van der Waals surface area (Å²) in [7, 11) is 0. The number of aliphatic hydroxyl groups is 1. The second-order valence-corrected chi connectivity index (χ2v) is 6.22. The van der Waals surface area contributed by atoms with E-state index in [4.69, 9.17) is 4.74 Å². The average molecular weight is 312 g/mol. The van der Waals surface area contributed by atoms with Gasteiger partial charge in [-0.05, 0) is 43.7 Å². The van der Waals surface area contributed by atoms with Gasteiger partial charge < -0.3 is 14.7 Å². The minimum Gasteiger partial charge on any atom is -0.490 e. The number of hydrogen-bond acceptors (Lipinski definition) is 4. The molecule has 0 spiro atoms. The molecule has 0 saturated carbocycles. The van der Waals surface area contributed by atoms with E-state index < -0.39 is 6.10 Å². The van der Waals surface area contributed by atoms with Crippen molar-refractivity contribution in [1.29, 1.82) is 0 Å². The van der Waals surface area contributed by atoms with Crippen LogP contribution in [0.2, 0.25) is 0 Å². The third-order valence-electron chi connectivity index (χ3n) is 4.24. The summed E-state index contributed by atoms with van der Waals surface area (Å²) in [5, 5.41) is 9.67. The van der Waals surface area contributed by atoms with Crippen molar-refractivity contribution in [2.45, 2.75) is 38.9 Å². The van der Waals surface area contributed by atoms with Gasteiger partial charge >= 0.3 is 0 Å². The predicted octanol–water partition coefficient (Wildman–Crippen LogP) is 3.49. The van der Waals surface area contributed by atoms with Crippen LogP contribution in [0.3, 0.4) is 0 Å². The van der Waals surface area contributed by atoms with Crippen molar-refractivity contribution in [3.8, 4) is 5.75 Å². The van der Waals surface area contributed by atoms with Crippen LogP contribution in [0.5, 0.6) is 5.75 Å². The highest BCUT2D eigenvalue weighted by molar-refractivity contribution is 5.40. The normalized spacial score (nSPS) is 17.1. The Balaban J connectivity index is 1.59. The molecule has 1 fully saturated rings. The Morgan fingerprint density at radius 2 is 1.91 bits per heavy atom. The molecule has 1 saturated heterocycles. The van der Waals surface area contributed by atoms with Gasteiger partial charge in [-0.15, -0.1) is 0 Å². The van der Waals surface area contributed by atoms with E-state index in [1.54, 1.807) is 6.92 Å². The molecule has 122 valence electrons. The second kappa shape index (κ2) is 7.01. The third-order valence-corrected chi connectivity index (χ3v) is 4.24. The Morgan fingerprint density at radius 1 is 1.17 bits per heavy atom. The quantitative estimate of drug-likeness (QED) is 0.938. The molecule has 0 aliphatic carbocycles. The van der Waals surface area contributed by atoms with Crippen molar-refractivity contribution in [2.24, 2.45) is 0 Å². The van der Waals surface area contributed by atoms with E-state index in [1.807, 2.05) is 30.3 Å². The van der Waals surface area contributed by atoms with E-state index in [-0.39, 0.29) is 6.10 Å². The number of hydrogen-bond donors (Lipinski definition) is 1. The summed E-state index contributed by atoms with van der Waals surface area (Å²) >= 11 is 0. The van der Waals surface area contributed by atoms with Crippen molar-refractivity contribution in [3.05, 3.63) is 53.7 Å². The van der Waals surface area contributed by atoms with Crippen LogP contribution in [0.4, 0.5) is 5.82 Å². The lowest BCUT2D eigenvalue weighted by Crippen LogP contribution is -2.38. The highest BCUT2D eigenvalue weighted by Gasteiger charge is 2.21. The monoisotopic (exact) mass is 312 g/mol. The van der Waals surface area contributed by atoms with E-state index >= 15 is 0 Å². The van der Waals surface area contributed by atoms with Crippen LogP contribution < -0.4 is 9.64 Å². The molecule has 0 bridgehead atoms. The summed E-state index contributed by atoms with van der Waals surface area (Å²) < 4.78 is 6.10. The topological polar surface area (TPSA) is 45.6 Å². The number of aliphatic hydroxyl groups excluding tert-OH is 1. The molecule has 0 unspecified atom stereocenters. The zero-order valence-electron chi connectivity index (χ0n) is 13.8. The summed E-state index contributed by atoms with van der Waals surface area (Å²) in [4.78, 5) is 6.82. The first-order valence-corrected chi connectivity index (χ1v) is 8.25. The lowest BCUT2D eigenvalue weighted by atomic mass is 10.1. The second-order valence-electron chi connectivity index (χ2n) is 6.22. The van der Waals surface area contributed by atoms with E-state index in [1.165, 1.54) is 5.56 Å². The summed E-state index contributed by atoms with van der Waals surface area (Å²) in [5.41, 5.74) is 1.94. The van der Waals surface area contributed by atoms with Crippen molar-refractivity contribution >= 4 is 5.82 Å². The van der Waals surface area contributed by atoms with Gasteiger partial charge in [-0.1, -0.05) is 18.2 Å². The summed E-state index contributed by atoms with van der Waals surface area (Å²) in [5.74, 6) is 1.90. The Bertz CT molecular complexity index is 649. The number of piperidine rings is 1. The summed E-state index contributed by atoms with van der Waals surface area (Å²) in [6.45, 7) is 5.67. The molecule has 23 heavy (non-hydrogen) atoms. The van der Waals surface area contributed by atoms with E-state index in [2.05, 4.69) is 28.9 Å². The number of pyridine rings is 1. The zero-order chi connectivity index (χ0) is 16.2. The molecule has 1 N–H and O–H groups in total. The molecular weight excluding hydrogens is 288 g/mol. The first-order chi connectivity index (χ1) is 11.1. The smallest absolute Gasteiger partial charge is 0.128 e. The van der Waals surface area contributed by atoms with Crippen LogP contribution in [0, 0.1) is 6.92 Å². The maximum absolute atomic E-state index is 9.67. The number of rotatable bonds is 4. The van der Waals surface area contributed by atoms with Gasteiger partial charge in [0, 0.05) is 25.9 Å². The standard InChI is InChI=1S/C19H24N2O2/c1-14-5-3-6-17(13-14)23-16-9-11-21(12-10-16)19-8-4-7-18(20-19)15(2)22/h3-8,13,15-16,22H,9-12H2,1-2H3/t15-/m1/s1. The van der Waals surface area contributed by atoms with Crippen molar-refractivity contribution in [2.75, 3.05) is 18.0 Å². The fourth-order valence-corrected chi connectivity index (χ4v) is 2.93. The van der Waals surface area contributed by atoms with Crippen molar-refractivity contribution < 1.29 is 9.84 Å². The molecule has 1 atom stereocenters. The number of nitrogens with zero attached hydrogens (tertiary/aromatic N) is 2. The van der Waals surface area contributed by atoms with Crippen LogP contribution in [0.15, 0.2) is 42.5 Å². The average Bonchev–Trinajstić information content (AvgIpc) is 2.56. The van der Waals surface area contributed by atoms with Crippen LogP contribution >= 0.6 is 0 Å². The maximum Gasteiger partial charge on any atom is 0.128 e. The van der Waals surface area contributed by atoms with Crippen molar-refractivity contribution in [3.63, 3.8) is 0 Å². The molecule has 3 rings (SSSR count). The first-order valence-electron chi connectivity index (χ1n) is 8.25. The number of aromatic nitrogens is 1. The van der Waals surface area contributed by atoms with Crippen LogP contribution in [-0.4, -0.2) is 29.3 Å². The number of benzene rings is 1. The molecule has 1 aliphatic rings. The molecule has 1 aliphatic heterocycles. The Kier molecular flexibility index (Phi) is 4.82. The highest BCUT2D eigenvalue weighted by atomic mass is 16.5. The lowest BCUT2D eigenvalue weighted by molar-refractivity contribution is 0.170. The number of ether oxygens (including phenoxy) is 1. The molecule has 2 heterocycles. The fourth-order valence-electron chi connectivity index (χ4n) is 2.93. The van der Waals surface area contributed by atoms with Crippen LogP contribution in [-0.2, 0) is 0 Å². The van der Waals surface area contributed by atoms with Gasteiger partial charge in [0.25, 0.3) is 0 Å². The fraction of sp³-hybridized carbons (Fsp3) is 0.421. The lowest BCUT2D eigenvalue weighted by Gasteiger charge is -2.33. The molecule has 2 aromatic rings. The van der Waals surface area contributed by atoms with Crippen LogP contribution in [0.1, 0.15) is 37.1 Å². The minimum absolute atomic E-state index is 0.257. The Labute approximate surface area is 137 Å². The van der Waals surface area contributed by atoms with Gasteiger partial charge in [-0.3, -0.25) is 0 Å². The largest absolute Gasteiger partial charge is 0.490 e. The minimum atomic E-state index is -0.530. The van der Waals surface area contributed by atoms with Gasteiger partial charge in [0.1, 0.15) is 17.7 Å². The van der Waals surface area contributed by atoms with Gasteiger partial charge in [0.15, 0.2) is 0 Å². The predicted molar refractivity (Wildman–Crippen MR) is 91.9 cm³/mol. The number of anilines is 1. The summed E-state index contributed by atoms with van der Waals surface area (Å²) in [6.07, 6.45) is 1.69. The van der Waals surface area contributed by atoms with Gasteiger partial charge in [-0.2, -0.15) is 0 Å². The number of aryl methyl sites for hydroxylation is 1. The SMILES string of the molecule is Cc1cccc(OC2CCN(c3cccc([C@@H](C)O)n3)CC2)c1. The highest BCUT2D eigenvalue weighted by Crippen LogP contribution is 2.23. The summed E-state index contributed by atoms with van der Waals surface area (Å²) in [6, 6.07) is 14.0. The van der Waals surface area contributed by atoms with E-state index in [9.17, 15) is 5.11 Å². The molecule has 0 amide bonds. The molecule has 1 aromatic carbocycles. The molecule has 0 radical (unpaired) electrons. The van der Waals surface area contributed by atoms with E-state index in [0.717, 1.165) is 43.2 Å². The molecule has 4 nitrogen and oxygen atoms in total. The first kappa shape index (κ1) is 15.8. The van der Waals surface area contributed by atoms with Crippen LogP contribution in [0.25, 0.3) is 0 Å². The van der Waals surface area contributed by atoms with Crippen molar-refractivity contribution in [1.82, 2.24) is 4.98 Å². The Hall–Kier alpha value is -2.07. The molecule has 1 aromatic heterocycles. The van der Waals surface area contributed by atoms with Gasteiger partial charge in [0.05, 0.1) is 11.8 Å². The van der Waals surface area contributed by atoms with E-state index in [0.29, 0.717) is 0 Å². The Morgan fingerprint density at radius 3 is 2.61 bits per heavy atom. The molecule has 4 heteroatoms. The maximum atomic E-state index is 9.67. The zero-order valence-corrected chi connectivity index (χ0v) is 13.8. The van der Waals surface area contributed by atoms with Gasteiger partial charge in [-0.25, -0.2) is 4.98 Å². The third kappa shape index (κ3) is 4.02. The van der Waals surface area contributed by atoms with Gasteiger partial charge in [0.2, 0.25) is 0 Å². The molecular formula is C19H24N2O2.